The van der Waals surface area contributed by atoms with Gasteiger partial charge in [0.25, 0.3) is 0 Å². The minimum atomic E-state index is 0.375. The Morgan fingerprint density at radius 2 is 2.10 bits per heavy atom. The minimum Gasteiger partial charge on any atom is -0.496 e. The highest BCUT2D eigenvalue weighted by molar-refractivity contribution is 5.44. The molecule has 2 N–H and O–H groups in total. The maximum atomic E-state index is 5.85. The molecule has 0 saturated heterocycles. The summed E-state index contributed by atoms with van der Waals surface area (Å²) in [6.07, 6.45) is 5.31. The molecule has 1 aromatic rings. The van der Waals surface area contributed by atoms with E-state index in [2.05, 4.69) is 11.8 Å². The van der Waals surface area contributed by atoms with E-state index in [1.165, 1.54) is 25.7 Å². The van der Waals surface area contributed by atoms with Gasteiger partial charge in [0.2, 0.25) is 0 Å². The summed E-state index contributed by atoms with van der Waals surface area (Å²) in [7, 11) is 1.68. The normalized spacial score (nSPS) is 14.9. The van der Waals surface area contributed by atoms with Gasteiger partial charge in [0.1, 0.15) is 5.75 Å². The summed E-state index contributed by atoms with van der Waals surface area (Å²) in [4.78, 5) is 0. The predicted molar refractivity (Wildman–Crippen MR) is 80.5 cm³/mol. The molecule has 1 aliphatic rings. The van der Waals surface area contributed by atoms with Crippen LogP contribution in [0.3, 0.4) is 0 Å². The highest BCUT2D eigenvalue weighted by Gasteiger charge is 2.15. The lowest BCUT2D eigenvalue weighted by molar-refractivity contribution is 0.0874. The summed E-state index contributed by atoms with van der Waals surface area (Å²) in [6.45, 7) is 1.80. The summed E-state index contributed by atoms with van der Waals surface area (Å²) >= 11 is 0. The summed E-state index contributed by atoms with van der Waals surface area (Å²) < 4.78 is 11.2. The number of ether oxygens (including phenoxy) is 2. The summed E-state index contributed by atoms with van der Waals surface area (Å²) in [5.41, 5.74) is 7.40. The van der Waals surface area contributed by atoms with E-state index in [-0.39, 0.29) is 0 Å². The molecule has 108 valence electrons. The van der Waals surface area contributed by atoms with Gasteiger partial charge in [0.15, 0.2) is 0 Å². The van der Waals surface area contributed by atoms with Crippen LogP contribution in [0.25, 0.3) is 0 Å². The maximum absolute atomic E-state index is 5.85. The first kappa shape index (κ1) is 14.9. The lowest BCUT2D eigenvalue weighted by Gasteiger charge is -2.12. The van der Waals surface area contributed by atoms with Crippen LogP contribution in [0.1, 0.15) is 36.8 Å². The standard InChI is InChI=1S/C17H23NO2/c1-19-17-9-8-14(7-4-10-18)11-16(17)13-20-12-15-5-2-3-6-15/h8-9,11,15H,2-3,5-6,10,12-13,18H2,1H3. The molecule has 0 amide bonds. The molecule has 1 saturated carbocycles. The summed E-state index contributed by atoms with van der Waals surface area (Å²) in [6, 6.07) is 5.91. The molecule has 0 atom stereocenters. The fraction of sp³-hybridized carbons (Fsp3) is 0.529. The Balaban J connectivity index is 1.96. The molecule has 20 heavy (non-hydrogen) atoms. The smallest absolute Gasteiger partial charge is 0.124 e. The summed E-state index contributed by atoms with van der Waals surface area (Å²) in [5, 5.41) is 0. The van der Waals surface area contributed by atoms with Gasteiger partial charge in [0.05, 0.1) is 20.3 Å². The third-order valence-corrected chi connectivity index (χ3v) is 3.70. The molecule has 0 aliphatic heterocycles. The van der Waals surface area contributed by atoms with Crippen LogP contribution in [0, 0.1) is 17.8 Å². The van der Waals surface area contributed by atoms with Crippen LogP contribution in [-0.2, 0) is 11.3 Å². The van der Waals surface area contributed by atoms with Crippen molar-refractivity contribution in [2.24, 2.45) is 11.7 Å². The molecule has 0 aromatic heterocycles. The van der Waals surface area contributed by atoms with Crippen LogP contribution >= 0.6 is 0 Å². The molecule has 2 rings (SSSR count). The average Bonchev–Trinajstić information content (AvgIpc) is 2.98. The van der Waals surface area contributed by atoms with Gasteiger partial charge in [-0.1, -0.05) is 24.7 Å². The number of hydrogen-bond donors (Lipinski definition) is 1. The van der Waals surface area contributed by atoms with Crippen molar-refractivity contribution in [1.82, 2.24) is 0 Å². The van der Waals surface area contributed by atoms with E-state index in [0.29, 0.717) is 13.2 Å². The number of benzene rings is 1. The van der Waals surface area contributed by atoms with Crippen molar-refractivity contribution in [2.75, 3.05) is 20.3 Å². The third kappa shape index (κ3) is 4.26. The van der Waals surface area contributed by atoms with Crippen molar-refractivity contribution in [1.29, 1.82) is 0 Å². The van der Waals surface area contributed by atoms with Gasteiger partial charge in [-0.15, -0.1) is 0 Å². The van der Waals surface area contributed by atoms with E-state index in [9.17, 15) is 0 Å². The number of rotatable bonds is 5. The first-order valence-electron chi connectivity index (χ1n) is 7.27. The summed E-state index contributed by atoms with van der Waals surface area (Å²) in [5.74, 6) is 7.50. The SMILES string of the molecule is COc1ccc(C#CCN)cc1COCC1CCCC1. The largest absolute Gasteiger partial charge is 0.496 e. The van der Waals surface area contributed by atoms with Gasteiger partial charge < -0.3 is 15.2 Å². The quantitative estimate of drug-likeness (QED) is 0.839. The second-order valence-corrected chi connectivity index (χ2v) is 5.20. The molecule has 0 spiro atoms. The van der Waals surface area contributed by atoms with Gasteiger partial charge in [-0.05, 0) is 37.0 Å². The molecule has 3 heteroatoms. The molecule has 0 unspecified atom stereocenters. The van der Waals surface area contributed by atoms with Crippen LogP contribution < -0.4 is 10.5 Å². The lowest BCUT2D eigenvalue weighted by Crippen LogP contribution is -2.06. The molecule has 1 fully saturated rings. The molecule has 3 nitrogen and oxygen atoms in total. The average molecular weight is 273 g/mol. The minimum absolute atomic E-state index is 0.375. The lowest BCUT2D eigenvalue weighted by atomic mass is 10.1. The first-order chi connectivity index (χ1) is 9.83. The van der Waals surface area contributed by atoms with Gasteiger partial charge >= 0.3 is 0 Å². The Morgan fingerprint density at radius 1 is 1.30 bits per heavy atom. The van der Waals surface area contributed by atoms with Crippen molar-refractivity contribution in [2.45, 2.75) is 32.3 Å². The second kappa shape index (κ2) is 7.94. The van der Waals surface area contributed by atoms with Gasteiger partial charge in [0, 0.05) is 17.7 Å². The zero-order valence-electron chi connectivity index (χ0n) is 12.2. The molecule has 0 heterocycles. The second-order valence-electron chi connectivity index (χ2n) is 5.20. The van der Waals surface area contributed by atoms with E-state index in [0.717, 1.165) is 29.4 Å². The van der Waals surface area contributed by atoms with Crippen molar-refractivity contribution in [3.63, 3.8) is 0 Å². The zero-order chi connectivity index (χ0) is 14.2. The molecular formula is C17H23NO2. The fourth-order valence-corrected chi connectivity index (χ4v) is 2.63. The predicted octanol–water partition coefficient (Wildman–Crippen LogP) is 2.71. The van der Waals surface area contributed by atoms with Gasteiger partial charge in [-0.2, -0.15) is 0 Å². The Labute approximate surface area is 121 Å². The van der Waals surface area contributed by atoms with Crippen molar-refractivity contribution < 1.29 is 9.47 Å². The highest BCUT2D eigenvalue weighted by Crippen LogP contribution is 2.26. The van der Waals surface area contributed by atoms with Crippen LogP contribution in [-0.4, -0.2) is 20.3 Å². The van der Waals surface area contributed by atoms with Crippen LogP contribution in [0.4, 0.5) is 0 Å². The molecule has 1 aromatic carbocycles. The van der Waals surface area contributed by atoms with Crippen molar-refractivity contribution in [3.8, 4) is 17.6 Å². The zero-order valence-corrected chi connectivity index (χ0v) is 12.2. The van der Waals surface area contributed by atoms with E-state index in [1.807, 2.05) is 18.2 Å². The van der Waals surface area contributed by atoms with Crippen LogP contribution in [0.2, 0.25) is 0 Å². The Hall–Kier alpha value is -1.50. The number of methoxy groups -OCH3 is 1. The third-order valence-electron chi connectivity index (χ3n) is 3.70. The monoisotopic (exact) mass is 273 g/mol. The van der Waals surface area contributed by atoms with Crippen molar-refractivity contribution in [3.05, 3.63) is 29.3 Å². The maximum Gasteiger partial charge on any atom is 0.124 e. The first-order valence-corrected chi connectivity index (χ1v) is 7.27. The molecular weight excluding hydrogens is 250 g/mol. The molecule has 1 aliphatic carbocycles. The molecule has 0 bridgehead atoms. The Bertz CT molecular complexity index is 481. The number of hydrogen-bond acceptors (Lipinski definition) is 3. The van der Waals surface area contributed by atoms with Crippen LogP contribution in [0.5, 0.6) is 5.75 Å². The van der Waals surface area contributed by atoms with E-state index in [4.69, 9.17) is 15.2 Å². The highest BCUT2D eigenvalue weighted by atomic mass is 16.5. The Morgan fingerprint density at radius 3 is 2.80 bits per heavy atom. The van der Waals surface area contributed by atoms with Crippen molar-refractivity contribution >= 4 is 0 Å². The van der Waals surface area contributed by atoms with E-state index < -0.39 is 0 Å². The fourth-order valence-electron chi connectivity index (χ4n) is 2.63. The van der Waals surface area contributed by atoms with E-state index in [1.54, 1.807) is 7.11 Å². The van der Waals surface area contributed by atoms with Gasteiger partial charge in [-0.3, -0.25) is 0 Å². The molecule has 0 radical (unpaired) electrons. The van der Waals surface area contributed by atoms with E-state index >= 15 is 0 Å². The topological polar surface area (TPSA) is 44.5 Å². The van der Waals surface area contributed by atoms with Crippen LogP contribution in [0.15, 0.2) is 18.2 Å². The Kier molecular flexibility index (Phi) is 5.91. The van der Waals surface area contributed by atoms with Gasteiger partial charge in [-0.25, -0.2) is 0 Å². The number of nitrogens with two attached hydrogens (primary N) is 1.